The zero-order chi connectivity index (χ0) is 17.6. The first-order valence-electron chi connectivity index (χ1n) is 9.10. The number of carbonyl (C=O) groups is 1. The van der Waals surface area contributed by atoms with Gasteiger partial charge in [-0.25, -0.2) is 8.42 Å². The zero-order valence-electron chi connectivity index (χ0n) is 15.2. The minimum atomic E-state index is -3.01. The van der Waals surface area contributed by atoms with Crippen molar-refractivity contribution in [1.29, 1.82) is 0 Å². The lowest BCUT2D eigenvalue weighted by Crippen LogP contribution is -2.46. The summed E-state index contributed by atoms with van der Waals surface area (Å²) in [6, 6.07) is -0.183. The fourth-order valence-corrected chi connectivity index (χ4v) is 5.82. The van der Waals surface area contributed by atoms with E-state index in [-0.39, 0.29) is 41.3 Å². The molecule has 25 heavy (non-hydrogen) atoms. The Balaban J connectivity index is 0.00000312. The SMILES string of the molecule is COCCCN(C(=O)CC1(CN)CCCCC1)C1CCS(=O)(=O)C1.Cl. The average Bonchev–Trinajstić information content (AvgIpc) is 2.92. The lowest BCUT2D eigenvalue weighted by atomic mass is 9.71. The second-order valence-electron chi connectivity index (χ2n) is 7.43. The number of ether oxygens (including phenoxy) is 1. The van der Waals surface area contributed by atoms with Crippen molar-refractivity contribution in [2.45, 2.75) is 57.4 Å². The molecule has 1 unspecified atom stereocenters. The van der Waals surface area contributed by atoms with Crippen LogP contribution in [0.5, 0.6) is 0 Å². The summed E-state index contributed by atoms with van der Waals surface area (Å²) in [6.07, 6.45) is 7.22. The van der Waals surface area contributed by atoms with Gasteiger partial charge >= 0.3 is 0 Å². The lowest BCUT2D eigenvalue weighted by Gasteiger charge is -2.38. The van der Waals surface area contributed by atoms with Gasteiger partial charge in [-0.3, -0.25) is 4.79 Å². The topological polar surface area (TPSA) is 89.7 Å². The highest BCUT2D eigenvalue weighted by atomic mass is 35.5. The van der Waals surface area contributed by atoms with Crippen LogP contribution in [0.25, 0.3) is 0 Å². The Bertz CT molecular complexity index is 521. The molecule has 1 aliphatic heterocycles. The Morgan fingerprint density at radius 2 is 1.96 bits per heavy atom. The number of sulfone groups is 1. The van der Waals surface area contributed by atoms with E-state index in [0.717, 1.165) is 32.1 Å². The molecule has 0 aromatic rings. The predicted molar refractivity (Wildman–Crippen MR) is 102 cm³/mol. The van der Waals surface area contributed by atoms with Crippen LogP contribution in [0.2, 0.25) is 0 Å². The van der Waals surface area contributed by atoms with Crippen molar-refractivity contribution in [2.75, 3.05) is 38.3 Å². The van der Waals surface area contributed by atoms with Crippen molar-refractivity contribution in [2.24, 2.45) is 11.1 Å². The van der Waals surface area contributed by atoms with E-state index in [9.17, 15) is 13.2 Å². The second kappa shape index (κ2) is 10.1. The van der Waals surface area contributed by atoms with Crippen LogP contribution in [0, 0.1) is 5.41 Å². The van der Waals surface area contributed by atoms with Gasteiger partial charge in [0.15, 0.2) is 9.84 Å². The Labute approximate surface area is 158 Å². The maximum absolute atomic E-state index is 13.0. The minimum absolute atomic E-state index is 0. The van der Waals surface area contributed by atoms with Crippen molar-refractivity contribution in [3.63, 3.8) is 0 Å². The standard InChI is InChI=1S/C17H32N2O4S.ClH/c1-23-10-5-9-19(15-6-11-24(21,22)13-15)16(20)12-17(14-18)7-3-2-4-8-17;/h15H,2-14,18H2,1H3;1H. The van der Waals surface area contributed by atoms with E-state index in [1.807, 2.05) is 0 Å². The van der Waals surface area contributed by atoms with E-state index < -0.39 is 9.84 Å². The Kier molecular flexibility index (Phi) is 9.15. The van der Waals surface area contributed by atoms with Crippen LogP contribution in [-0.2, 0) is 19.4 Å². The van der Waals surface area contributed by atoms with Gasteiger partial charge in [0, 0.05) is 32.7 Å². The first-order chi connectivity index (χ1) is 11.4. The molecule has 6 nitrogen and oxygen atoms in total. The number of methoxy groups -OCH3 is 1. The number of amides is 1. The van der Waals surface area contributed by atoms with E-state index in [4.69, 9.17) is 10.5 Å². The van der Waals surface area contributed by atoms with Crippen LogP contribution in [0.15, 0.2) is 0 Å². The Morgan fingerprint density at radius 3 is 2.48 bits per heavy atom. The molecule has 1 heterocycles. The molecule has 2 rings (SSSR count). The van der Waals surface area contributed by atoms with Crippen molar-refractivity contribution in [3.05, 3.63) is 0 Å². The number of carbonyl (C=O) groups excluding carboxylic acids is 1. The molecule has 1 saturated carbocycles. The lowest BCUT2D eigenvalue weighted by molar-refractivity contribution is -0.136. The van der Waals surface area contributed by atoms with Crippen LogP contribution in [0.4, 0.5) is 0 Å². The van der Waals surface area contributed by atoms with E-state index >= 15 is 0 Å². The van der Waals surface area contributed by atoms with Gasteiger partial charge in [0.05, 0.1) is 11.5 Å². The summed E-state index contributed by atoms with van der Waals surface area (Å²) < 4.78 is 28.7. The molecule has 0 bridgehead atoms. The molecular weight excluding hydrogens is 364 g/mol. The molecule has 2 N–H and O–H groups in total. The smallest absolute Gasteiger partial charge is 0.223 e. The summed E-state index contributed by atoms with van der Waals surface area (Å²) in [5, 5.41) is 0. The maximum Gasteiger partial charge on any atom is 0.223 e. The second-order valence-corrected chi connectivity index (χ2v) is 9.66. The number of hydrogen-bond donors (Lipinski definition) is 1. The van der Waals surface area contributed by atoms with Gasteiger partial charge in [0.1, 0.15) is 0 Å². The van der Waals surface area contributed by atoms with Gasteiger partial charge < -0.3 is 15.4 Å². The van der Waals surface area contributed by atoms with E-state index in [0.29, 0.717) is 32.5 Å². The molecule has 1 saturated heterocycles. The van der Waals surface area contributed by atoms with Crippen LogP contribution in [0.3, 0.4) is 0 Å². The third-order valence-electron chi connectivity index (χ3n) is 5.59. The van der Waals surface area contributed by atoms with Gasteiger partial charge in [-0.05, 0) is 37.6 Å². The number of nitrogens with zero attached hydrogens (tertiary/aromatic N) is 1. The quantitative estimate of drug-likeness (QED) is 0.631. The predicted octanol–water partition coefficient (Wildman–Crippen LogP) is 1.76. The fourth-order valence-electron chi connectivity index (χ4n) is 4.09. The number of hydrogen-bond acceptors (Lipinski definition) is 5. The number of nitrogens with two attached hydrogens (primary N) is 1. The summed E-state index contributed by atoms with van der Waals surface area (Å²) >= 11 is 0. The highest BCUT2D eigenvalue weighted by Gasteiger charge is 2.38. The van der Waals surface area contributed by atoms with Gasteiger partial charge in [0.25, 0.3) is 0 Å². The van der Waals surface area contributed by atoms with E-state index in [1.54, 1.807) is 12.0 Å². The summed E-state index contributed by atoms with van der Waals surface area (Å²) in [5.41, 5.74) is 5.93. The fraction of sp³-hybridized carbons (Fsp3) is 0.941. The molecular formula is C17H33ClN2O4S. The summed E-state index contributed by atoms with van der Waals surface area (Å²) in [4.78, 5) is 14.8. The highest BCUT2D eigenvalue weighted by Crippen LogP contribution is 2.39. The van der Waals surface area contributed by atoms with Gasteiger partial charge in [-0.15, -0.1) is 12.4 Å². The monoisotopic (exact) mass is 396 g/mol. The zero-order valence-corrected chi connectivity index (χ0v) is 16.9. The summed E-state index contributed by atoms with van der Waals surface area (Å²) in [7, 11) is -1.37. The molecule has 1 atom stereocenters. The normalized spacial score (nSPS) is 24.5. The minimum Gasteiger partial charge on any atom is -0.385 e. The first kappa shape index (κ1) is 22.7. The molecule has 2 fully saturated rings. The Morgan fingerprint density at radius 1 is 1.28 bits per heavy atom. The van der Waals surface area contributed by atoms with Crippen LogP contribution >= 0.6 is 12.4 Å². The van der Waals surface area contributed by atoms with Gasteiger partial charge in [-0.1, -0.05) is 19.3 Å². The molecule has 0 spiro atoms. The molecule has 8 heteroatoms. The molecule has 1 amide bonds. The number of halogens is 1. The molecule has 0 radical (unpaired) electrons. The largest absolute Gasteiger partial charge is 0.385 e. The van der Waals surface area contributed by atoms with Crippen LogP contribution in [-0.4, -0.2) is 63.6 Å². The molecule has 1 aliphatic carbocycles. The van der Waals surface area contributed by atoms with Gasteiger partial charge in [0.2, 0.25) is 5.91 Å². The van der Waals surface area contributed by atoms with Crippen LogP contribution in [0.1, 0.15) is 51.4 Å². The molecule has 0 aromatic heterocycles. The molecule has 0 aromatic carbocycles. The number of rotatable bonds is 8. The first-order valence-corrected chi connectivity index (χ1v) is 10.9. The third-order valence-corrected chi connectivity index (χ3v) is 7.34. The summed E-state index contributed by atoms with van der Waals surface area (Å²) in [6.45, 7) is 1.67. The third kappa shape index (κ3) is 6.38. The average molecular weight is 397 g/mol. The highest BCUT2D eigenvalue weighted by molar-refractivity contribution is 7.91. The Hall–Kier alpha value is -0.370. The van der Waals surface area contributed by atoms with Crippen molar-refractivity contribution < 1.29 is 17.9 Å². The van der Waals surface area contributed by atoms with Gasteiger partial charge in [-0.2, -0.15) is 0 Å². The van der Waals surface area contributed by atoms with Crippen molar-refractivity contribution in [3.8, 4) is 0 Å². The van der Waals surface area contributed by atoms with E-state index in [1.165, 1.54) is 6.42 Å². The maximum atomic E-state index is 13.0. The van der Waals surface area contributed by atoms with Crippen molar-refractivity contribution in [1.82, 2.24) is 4.90 Å². The molecule has 2 aliphatic rings. The molecule has 148 valence electrons. The van der Waals surface area contributed by atoms with E-state index in [2.05, 4.69) is 0 Å². The van der Waals surface area contributed by atoms with Crippen molar-refractivity contribution >= 4 is 28.2 Å². The van der Waals surface area contributed by atoms with Crippen LogP contribution < -0.4 is 5.73 Å². The summed E-state index contributed by atoms with van der Waals surface area (Å²) in [5.74, 6) is 0.357.